The normalized spacial score (nSPS) is 10.6. The van der Waals surface area contributed by atoms with E-state index in [1.807, 2.05) is 11.4 Å². The smallest absolute Gasteiger partial charge is 0.345 e. The first-order valence-corrected chi connectivity index (χ1v) is 8.13. The van der Waals surface area contributed by atoms with E-state index in [1.54, 1.807) is 35.6 Å². The predicted molar refractivity (Wildman–Crippen MR) is 86.3 cm³/mol. The third-order valence-electron chi connectivity index (χ3n) is 2.99. The molecule has 0 aliphatic carbocycles. The molecule has 3 aromatic rings. The molecule has 106 valence electrons. The van der Waals surface area contributed by atoms with Crippen molar-refractivity contribution < 1.29 is 9.53 Å². The lowest BCUT2D eigenvalue weighted by atomic mass is 10.2. The second-order valence-corrected chi connectivity index (χ2v) is 6.86. The molecule has 0 saturated heterocycles. The SMILES string of the molecule is Cc1cc(-c2csc(OC(=O)c3ccccc3)n2)c(C)s1. The molecule has 0 fully saturated rings. The zero-order valence-corrected chi connectivity index (χ0v) is 13.3. The number of carbonyl (C=O) groups excluding carboxylic acids is 1. The maximum absolute atomic E-state index is 12.0. The molecule has 0 N–H and O–H groups in total. The van der Waals surface area contributed by atoms with Crippen molar-refractivity contribution in [3.05, 3.63) is 57.1 Å². The van der Waals surface area contributed by atoms with E-state index in [4.69, 9.17) is 4.74 Å². The van der Waals surface area contributed by atoms with Crippen LogP contribution >= 0.6 is 22.7 Å². The molecule has 0 amide bonds. The van der Waals surface area contributed by atoms with Gasteiger partial charge in [0.1, 0.15) is 0 Å². The van der Waals surface area contributed by atoms with Gasteiger partial charge < -0.3 is 4.74 Å². The molecule has 0 aliphatic heterocycles. The summed E-state index contributed by atoms with van der Waals surface area (Å²) in [7, 11) is 0. The standard InChI is InChI=1S/C16H13NO2S2/c1-10-8-13(11(2)21-10)14-9-20-16(17-14)19-15(18)12-6-4-3-5-7-12/h3-9H,1-2H3. The molecule has 0 bridgehead atoms. The summed E-state index contributed by atoms with van der Waals surface area (Å²) in [5.41, 5.74) is 2.49. The van der Waals surface area contributed by atoms with E-state index in [1.165, 1.54) is 21.1 Å². The molecular weight excluding hydrogens is 302 g/mol. The van der Waals surface area contributed by atoms with Crippen molar-refractivity contribution in [1.82, 2.24) is 4.98 Å². The number of thiophene rings is 1. The van der Waals surface area contributed by atoms with Crippen LogP contribution in [0.25, 0.3) is 11.3 Å². The first-order valence-electron chi connectivity index (χ1n) is 6.43. The number of aryl methyl sites for hydroxylation is 2. The summed E-state index contributed by atoms with van der Waals surface area (Å²) in [6.07, 6.45) is 0. The van der Waals surface area contributed by atoms with Gasteiger partial charge in [0.2, 0.25) is 0 Å². The molecule has 2 heterocycles. The summed E-state index contributed by atoms with van der Waals surface area (Å²) >= 11 is 3.08. The monoisotopic (exact) mass is 315 g/mol. The molecule has 3 rings (SSSR count). The van der Waals surface area contributed by atoms with Gasteiger partial charge in [-0.1, -0.05) is 29.5 Å². The quantitative estimate of drug-likeness (QED) is 0.657. The molecule has 0 radical (unpaired) electrons. The van der Waals surface area contributed by atoms with E-state index < -0.39 is 0 Å². The molecule has 21 heavy (non-hydrogen) atoms. The molecule has 0 unspecified atom stereocenters. The van der Waals surface area contributed by atoms with Gasteiger partial charge in [-0.15, -0.1) is 11.3 Å². The molecule has 5 heteroatoms. The van der Waals surface area contributed by atoms with Crippen molar-refractivity contribution in [1.29, 1.82) is 0 Å². The lowest BCUT2D eigenvalue weighted by Gasteiger charge is -1.99. The van der Waals surface area contributed by atoms with E-state index in [2.05, 4.69) is 24.9 Å². The van der Waals surface area contributed by atoms with Crippen LogP contribution in [0.15, 0.2) is 41.8 Å². The number of benzene rings is 1. The summed E-state index contributed by atoms with van der Waals surface area (Å²) in [4.78, 5) is 18.8. The third kappa shape index (κ3) is 3.04. The lowest BCUT2D eigenvalue weighted by Crippen LogP contribution is -2.07. The first kappa shape index (κ1) is 14.0. The number of hydrogen-bond acceptors (Lipinski definition) is 5. The minimum absolute atomic E-state index is 0.377. The Morgan fingerprint density at radius 3 is 2.62 bits per heavy atom. The summed E-state index contributed by atoms with van der Waals surface area (Å²) in [6, 6.07) is 11.0. The van der Waals surface area contributed by atoms with Gasteiger partial charge in [0.15, 0.2) is 0 Å². The van der Waals surface area contributed by atoms with Crippen molar-refractivity contribution in [2.75, 3.05) is 0 Å². The molecule has 0 atom stereocenters. The van der Waals surface area contributed by atoms with Crippen molar-refractivity contribution in [3.63, 3.8) is 0 Å². The molecule has 3 nitrogen and oxygen atoms in total. The Hall–Kier alpha value is -1.98. The summed E-state index contributed by atoms with van der Waals surface area (Å²) in [5, 5.41) is 2.30. The number of aromatic nitrogens is 1. The number of esters is 1. The number of carbonyl (C=O) groups is 1. The van der Waals surface area contributed by atoms with E-state index in [0.717, 1.165) is 11.3 Å². The van der Waals surface area contributed by atoms with Crippen LogP contribution in [0.4, 0.5) is 0 Å². The van der Waals surface area contributed by atoms with E-state index >= 15 is 0 Å². The van der Waals surface area contributed by atoms with Crippen LogP contribution in [0, 0.1) is 13.8 Å². The van der Waals surface area contributed by atoms with Gasteiger partial charge in [-0.2, -0.15) is 0 Å². The van der Waals surface area contributed by atoms with E-state index in [0.29, 0.717) is 10.8 Å². The van der Waals surface area contributed by atoms with Crippen LogP contribution < -0.4 is 4.74 Å². The van der Waals surface area contributed by atoms with Gasteiger partial charge in [-0.05, 0) is 32.0 Å². The molecule has 0 spiro atoms. The summed E-state index contributed by atoms with van der Waals surface area (Å²) < 4.78 is 5.32. The largest absolute Gasteiger partial charge is 0.394 e. The topological polar surface area (TPSA) is 39.2 Å². The predicted octanol–water partition coefficient (Wildman–Crippen LogP) is 4.71. The Bertz CT molecular complexity index is 775. The van der Waals surface area contributed by atoms with Crippen LogP contribution in [0.5, 0.6) is 5.19 Å². The van der Waals surface area contributed by atoms with Crippen LogP contribution in [-0.2, 0) is 0 Å². The lowest BCUT2D eigenvalue weighted by molar-refractivity contribution is 0.0734. The number of ether oxygens (including phenoxy) is 1. The Morgan fingerprint density at radius 2 is 1.95 bits per heavy atom. The van der Waals surface area contributed by atoms with Crippen molar-refractivity contribution >= 4 is 28.6 Å². The highest BCUT2D eigenvalue weighted by Gasteiger charge is 2.14. The van der Waals surface area contributed by atoms with Gasteiger partial charge in [0, 0.05) is 20.7 Å². The van der Waals surface area contributed by atoms with Crippen molar-refractivity contribution in [2.45, 2.75) is 13.8 Å². The van der Waals surface area contributed by atoms with Gasteiger partial charge in [0.25, 0.3) is 5.19 Å². The third-order valence-corrected chi connectivity index (χ3v) is 4.67. The Morgan fingerprint density at radius 1 is 1.19 bits per heavy atom. The fraction of sp³-hybridized carbons (Fsp3) is 0.125. The van der Waals surface area contributed by atoms with Crippen LogP contribution in [0.2, 0.25) is 0 Å². The maximum atomic E-state index is 12.0. The van der Waals surface area contributed by atoms with Crippen molar-refractivity contribution in [3.8, 4) is 16.5 Å². The first-order chi connectivity index (χ1) is 10.1. The second-order valence-electron chi connectivity index (χ2n) is 4.58. The fourth-order valence-corrected chi connectivity index (χ4v) is 3.63. The van der Waals surface area contributed by atoms with E-state index in [-0.39, 0.29) is 5.97 Å². The highest BCUT2D eigenvalue weighted by Crippen LogP contribution is 2.33. The molecule has 0 saturated carbocycles. The molecule has 1 aromatic carbocycles. The number of rotatable bonds is 3. The minimum Gasteiger partial charge on any atom is -0.394 e. The maximum Gasteiger partial charge on any atom is 0.345 e. The van der Waals surface area contributed by atoms with Crippen molar-refractivity contribution in [2.24, 2.45) is 0 Å². The van der Waals surface area contributed by atoms with Gasteiger partial charge in [-0.3, -0.25) is 0 Å². The highest BCUT2D eigenvalue weighted by atomic mass is 32.1. The Labute approximate surface area is 130 Å². The van der Waals surface area contributed by atoms with Gasteiger partial charge in [-0.25, -0.2) is 9.78 Å². The zero-order valence-electron chi connectivity index (χ0n) is 11.6. The van der Waals surface area contributed by atoms with Gasteiger partial charge >= 0.3 is 5.97 Å². The zero-order chi connectivity index (χ0) is 14.8. The van der Waals surface area contributed by atoms with Crippen LogP contribution in [0.1, 0.15) is 20.1 Å². The molecule has 2 aromatic heterocycles. The average molecular weight is 315 g/mol. The number of thiazole rings is 1. The summed E-state index contributed by atoms with van der Waals surface area (Å²) in [5.74, 6) is -0.380. The van der Waals surface area contributed by atoms with Gasteiger partial charge in [0.05, 0.1) is 11.3 Å². The Balaban J connectivity index is 1.80. The fourth-order valence-electron chi connectivity index (χ4n) is 2.03. The molecule has 0 aliphatic rings. The Kier molecular flexibility index (Phi) is 3.86. The minimum atomic E-state index is -0.380. The van der Waals surface area contributed by atoms with E-state index in [9.17, 15) is 4.79 Å². The number of nitrogens with zero attached hydrogens (tertiary/aromatic N) is 1. The second kappa shape index (κ2) is 5.79. The van der Waals surface area contributed by atoms with Crippen LogP contribution in [0.3, 0.4) is 0 Å². The average Bonchev–Trinajstić information content (AvgIpc) is 3.06. The summed E-state index contributed by atoms with van der Waals surface area (Å²) in [6.45, 7) is 4.14. The molecular formula is C16H13NO2S2. The van der Waals surface area contributed by atoms with Crippen LogP contribution in [-0.4, -0.2) is 11.0 Å². The highest BCUT2D eigenvalue weighted by molar-refractivity contribution is 7.13. The number of hydrogen-bond donors (Lipinski definition) is 0.